The van der Waals surface area contributed by atoms with Gasteiger partial charge in [0.05, 0.1) is 31.5 Å². The Balaban J connectivity index is 1.25. The summed E-state index contributed by atoms with van der Waals surface area (Å²) >= 11 is 0. The van der Waals surface area contributed by atoms with E-state index in [1.54, 1.807) is 25.2 Å². The minimum Gasteiger partial charge on any atom is -0.409 e. The monoisotopic (exact) mass is 686 g/mol. The third kappa shape index (κ3) is 5.54. The normalized spacial score (nSPS) is 37.3. The maximum absolute atomic E-state index is 17.7. The van der Waals surface area contributed by atoms with Crippen molar-refractivity contribution in [2.24, 2.45) is 28.3 Å². The largest absolute Gasteiger partial charge is 0.409 e. The third-order valence-electron chi connectivity index (χ3n) is 12.3. The van der Waals surface area contributed by atoms with Gasteiger partial charge in [-0.05, 0) is 75.2 Å². The summed E-state index contributed by atoms with van der Waals surface area (Å²) in [6, 6.07) is 0. The molecule has 0 bridgehead atoms. The van der Waals surface area contributed by atoms with E-state index in [0.29, 0.717) is 25.0 Å². The highest BCUT2D eigenvalue weighted by Gasteiger charge is 2.87. The fourth-order valence-electron chi connectivity index (χ4n) is 8.50. The molecule has 3 amide bonds. The molecule has 11 nitrogen and oxygen atoms in total. The lowest BCUT2D eigenvalue weighted by Gasteiger charge is -2.59. The van der Waals surface area contributed by atoms with Gasteiger partial charge in [-0.1, -0.05) is 45.9 Å². The number of allylic oxidation sites excluding steroid dienone is 4. The molecule has 5 aliphatic rings. The predicted octanol–water partition coefficient (Wildman–Crippen LogP) is 3.41. The molecule has 1 spiro atoms. The van der Waals surface area contributed by atoms with E-state index in [4.69, 9.17) is 9.16 Å². The lowest BCUT2D eigenvalue weighted by molar-refractivity contribution is -0.179. The van der Waals surface area contributed by atoms with E-state index in [-0.39, 0.29) is 54.3 Å². The number of ether oxygens (including phenoxy) is 1. The number of halogens is 1. The van der Waals surface area contributed by atoms with Crippen LogP contribution in [0.15, 0.2) is 41.1 Å². The van der Waals surface area contributed by atoms with Crippen LogP contribution in [0.4, 0.5) is 4.39 Å². The Morgan fingerprint density at radius 2 is 1.83 bits per heavy atom. The van der Waals surface area contributed by atoms with E-state index >= 15 is 4.39 Å². The summed E-state index contributed by atoms with van der Waals surface area (Å²) < 4.78 is 30.5. The summed E-state index contributed by atoms with van der Waals surface area (Å²) in [4.78, 5) is 49.7. The van der Waals surface area contributed by atoms with E-state index in [1.807, 2.05) is 6.92 Å². The Hall–Kier alpha value is -3.00. The van der Waals surface area contributed by atoms with E-state index in [1.165, 1.54) is 6.92 Å². The van der Waals surface area contributed by atoms with Crippen LogP contribution in [0.2, 0.25) is 18.1 Å². The number of hydrogen-bond donors (Lipinski definition) is 4. The van der Waals surface area contributed by atoms with Crippen LogP contribution in [0.3, 0.4) is 0 Å². The highest BCUT2D eigenvalue weighted by molar-refractivity contribution is 6.74. The van der Waals surface area contributed by atoms with E-state index in [9.17, 15) is 24.3 Å². The first-order chi connectivity index (χ1) is 22.2. The fourth-order valence-corrected chi connectivity index (χ4v) is 9.42. The second kappa shape index (κ2) is 12.1. The molecule has 1 saturated heterocycles. The molecule has 0 aromatic carbocycles. The van der Waals surface area contributed by atoms with Crippen molar-refractivity contribution in [2.45, 2.75) is 108 Å². The van der Waals surface area contributed by atoms with E-state index in [0.717, 1.165) is 5.57 Å². The van der Waals surface area contributed by atoms with Crippen molar-refractivity contribution < 1.29 is 37.8 Å². The first kappa shape index (κ1) is 36.3. The smallest absolute Gasteiger partial charge is 0.259 e. The summed E-state index contributed by atoms with van der Waals surface area (Å²) in [5.41, 5.74) is -1.23. The van der Waals surface area contributed by atoms with Crippen LogP contribution in [-0.2, 0) is 28.3 Å². The molecule has 264 valence electrons. The summed E-state index contributed by atoms with van der Waals surface area (Å²) in [5.74, 6) is -2.54. The number of Topliss-reactive ketones (excluding diaryl/α,β-unsaturated/α-hetero) is 1. The van der Waals surface area contributed by atoms with Gasteiger partial charge in [0.25, 0.3) is 5.91 Å². The number of hydrazone groups is 1. The number of epoxide rings is 1. The van der Waals surface area contributed by atoms with E-state index in [2.05, 4.69) is 61.6 Å². The zero-order chi connectivity index (χ0) is 35.7. The zero-order valence-corrected chi connectivity index (χ0v) is 30.4. The topological polar surface area (TPSA) is 159 Å². The van der Waals surface area contributed by atoms with Gasteiger partial charge in [-0.25, -0.2) is 9.82 Å². The SMILES string of the molecule is C=C(C)C(=O)NCC(=O)NCC(=O)N/N=C1\C=C[C@@]2(C)C(=C1)CC[C@H]1[C@@H]3C[C@@H](C)[C@@]4(C(=O)CO[Si](C)(C)C(C)(C)C)O[C@]34C[C@H](O)[C@@]12F. The molecule has 4 fully saturated rings. The molecule has 8 atom stereocenters. The number of amides is 3. The quantitative estimate of drug-likeness (QED) is 0.119. The van der Waals surface area contributed by atoms with Crippen molar-refractivity contribution in [1.82, 2.24) is 16.1 Å². The van der Waals surface area contributed by atoms with Crippen LogP contribution in [0.5, 0.6) is 0 Å². The van der Waals surface area contributed by atoms with Gasteiger partial charge < -0.3 is 24.9 Å². The molecule has 13 heteroatoms. The van der Waals surface area contributed by atoms with Crippen LogP contribution in [-0.4, -0.2) is 85.3 Å². The lowest BCUT2D eigenvalue weighted by atomic mass is 9.48. The molecule has 4 aliphatic carbocycles. The van der Waals surface area contributed by atoms with Crippen molar-refractivity contribution >= 4 is 37.5 Å². The average Bonchev–Trinajstić information content (AvgIpc) is 3.61. The Morgan fingerprint density at radius 1 is 1.17 bits per heavy atom. The Morgan fingerprint density at radius 3 is 2.48 bits per heavy atom. The number of alkyl halides is 1. The minimum absolute atomic E-state index is 0.0388. The van der Waals surface area contributed by atoms with Gasteiger partial charge in [0.2, 0.25) is 11.8 Å². The Kier molecular flexibility index (Phi) is 9.14. The number of fused-ring (bicyclic) bond motifs is 4. The third-order valence-corrected chi connectivity index (χ3v) is 16.8. The van der Waals surface area contributed by atoms with Crippen LogP contribution < -0.4 is 16.1 Å². The molecule has 4 N–H and O–H groups in total. The van der Waals surface area contributed by atoms with Gasteiger partial charge in [-0.15, -0.1) is 0 Å². The lowest BCUT2D eigenvalue weighted by Crippen LogP contribution is -2.66. The van der Waals surface area contributed by atoms with Gasteiger partial charge in [-0.3, -0.25) is 19.2 Å². The molecule has 3 saturated carbocycles. The number of aliphatic hydroxyl groups excluding tert-OH is 1. The number of nitrogens with one attached hydrogen (secondary N) is 3. The number of aliphatic hydroxyl groups is 1. The van der Waals surface area contributed by atoms with Crippen LogP contribution >= 0.6 is 0 Å². The predicted molar refractivity (Wildman–Crippen MR) is 181 cm³/mol. The number of carbonyl (C=O) groups excluding carboxylic acids is 4. The fraction of sp³-hybridized carbons (Fsp3) is 0.686. The molecule has 0 aromatic heterocycles. The van der Waals surface area contributed by atoms with Crippen LogP contribution in [0.1, 0.15) is 67.2 Å². The number of nitrogens with zero attached hydrogens (tertiary/aromatic N) is 1. The number of carbonyl (C=O) groups is 4. The van der Waals surface area contributed by atoms with Crippen molar-refractivity contribution in [3.8, 4) is 0 Å². The standard InChI is InChI=1S/C35H51FN4O7Si/c1-20(2)30(45)38-17-28(43)37-18-29(44)40-39-23-12-13-32(7)22(15-23)10-11-24-25-14-21(3)35(27(42)19-46-48(8,9)31(4,5)6)33(25,47-35)16-26(41)34(24,32)36/h12-13,15,21,24-26,41H,1,10-11,14,16-19H2,2-9H3,(H,37,43)(H,38,45)(H,40,44)/b39-23+/t21-,24+,25+,26+,32+,33-,34+,35+/m1/s1. The second-order valence-electron chi connectivity index (χ2n) is 16.1. The van der Waals surface area contributed by atoms with Gasteiger partial charge in [0.1, 0.15) is 5.60 Å². The van der Waals surface area contributed by atoms with Crippen molar-refractivity contribution in [3.05, 3.63) is 36.0 Å². The highest BCUT2D eigenvalue weighted by Crippen LogP contribution is 2.76. The van der Waals surface area contributed by atoms with Gasteiger partial charge >= 0.3 is 0 Å². The van der Waals surface area contributed by atoms with Crippen LogP contribution in [0, 0.1) is 23.2 Å². The molecule has 0 aromatic rings. The summed E-state index contributed by atoms with van der Waals surface area (Å²) in [6.45, 7) is 18.7. The van der Waals surface area contributed by atoms with Gasteiger partial charge in [-0.2, -0.15) is 5.10 Å². The van der Waals surface area contributed by atoms with Crippen molar-refractivity contribution in [3.63, 3.8) is 0 Å². The molecule has 0 unspecified atom stereocenters. The van der Waals surface area contributed by atoms with Crippen molar-refractivity contribution in [2.75, 3.05) is 19.7 Å². The first-order valence-corrected chi connectivity index (χ1v) is 19.8. The summed E-state index contributed by atoms with van der Waals surface area (Å²) in [6.07, 6.45) is 5.46. The molecule has 1 aliphatic heterocycles. The summed E-state index contributed by atoms with van der Waals surface area (Å²) in [7, 11) is -2.18. The molecule has 48 heavy (non-hydrogen) atoms. The number of rotatable bonds is 10. The Labute approximate surface area is 283 Å². The Bertz CT molecular complexity index is 1520. The van der Waals surface area contributed by atoms with Gasteiger partial charge in [0, 0.05) is 23.3 Å². The number of ketones is 1. The first-order valence-electron chi connectivity index (χ1n) is 16.9. The number of hydrogen-bond acceptors (Lipinski definition) is 8. The maximum atomic E-state index is 17.7. The molecular weight excluding hydrogens is 635 g/mol. The molecule has 0 radical (unpaired) electrons. The second-order valence-corrected chi connectivity index (χ2v) is 20.9. The highest BCUT2D eigenvalue weighted by atomic mass is 28.4. The maximum Gasteiger partial charge on any atom is 0.259 e. The summed E-state index contributed by atoms with van der Waals surface area (Å²) in [5, 5.41) is 20.6. The zero-order valence-electron chi connectivity index (χ0n) is 29.4. The molecule has 1 heterocycles. The molecule has 5 rings (SSSR count). The molecular formula is C35H51FN4O7Si. The van der Waals surface area contributed by atoms with Crippen molar-refractivity contribution in [1.29, 1.82) is 0 Å². The minimum atomic E-state index is -2.18. The van der Waals surface area contributed by atoms with Gasteiger partial charge in [0.15, 0.2) is 25.4 Å². The van der Waals surface area contributed by atoms with Crippen LogP contribution in [0.25, 0.3) is 0 Å². The average molecular weight is 687 g/mol. The van der Waals surface area contributed by atoms with E-state index < -0.39 is 60.3 Å².